The van der Waals surface area contributed by atoms with Crippen LogP contribution in [0.2, 0.25) is 0 Å². The first-order valence-electron chi connectivity index (χ1n) is 9.65. The molecule has 3 aromatic rings. The number of ether oxygens (including phenoxy) is 4. The largest absolute Gasteiger partial charge is 0.480 e. The summed E-state index contributed by atoms with van der Waals surface area (Å²) in [4.78, 5) is 0. The first-order chi connectivity index (χ1) is 14.3. The molecule has 0 saturated carbocycles. The van der Waals surface area contributed by atoms with Crippen molar-refractivity contribution in [2.75, 3.05) is 13.2 Å². The fraction of sp³-hybridized carbons (Fsp3) is 0.250. The molecule has 0 fully saturated rings. The summed E-state index contributed by atoms with van der Waals surface area (Å²) in [5, 5.41) is 0. The van der Waals surface area contributed by atoms with Crippen LogP contribution in [0.1, 0.15) is 11.1 Å². The van der Waals surface area contributed by atoms with Gasteiger partial charge in [-0.15, -0.1) is 0 Å². The van der Waals surface area contributed by atoms with Gasteiger partial charge in [0, 0.05) is 0 Å². The lowest BCUT2D eigenvalue weighted by Crippen LogP contribution is -2.46. The molecule has 3 aromatic carbocycles. The molecule has 5 heteroatoms. The van der Waals surface area contributed by atoms with Crippen molar-refractivity contribution >= 4 is 0 Å². The summed E-state index contributed by atoms with van der Waals surface area (Å²) in [5.41, 5.74) is 2.14. The van der Waals surface area contributed by atoms with Gasteiger partial charge in [0.15, 0.2) is 29.5 Å². The summed E-state index contributed by atoms with van der Waals surface area (Å²) in [5.74, 6) is 0.0666. The normalized spacial score (nSPS) is 17.8. The Morgan fingerprint density at radius 1 is 0.655 bits per heavy atom. The van der Waals surface area contributed by atoms with Gasteiger partial charge in [0.05, 0.1) is 26.4 Å². The van der Waals surface area contributed by atoms with Crippen LogP contribution in [-0.2, 0) is 22.7 Å². The predicted molar refractivity (Wildman–Crippen MR) is 107 cm³/mol. The van der Waals surface area contributed by atoms with E-state index in [0.29, 0.717) is 25.6 Å². The lowest BCUT2D eigenvalue weighted by atomic mass is 10.1. The zero-order chi connectivity index (χ0) is 19.9. The molecule has 0 saturated heterocycles. The van der Waals surface area contributed by atoms with E-state index in [4.69, 9.17) is 18.9 Å². The number of hydrogen-bond donors (Lipinski definition) is 0. The highest BCUT2D eigenvalue weighted by molar-refractivity contribution is 5.42. The minimum absolute atomic E-state index is 0.125. The van der Waals surface area contributed by atoms with Gasteiger partial charge in [0.1, 0.15) is 0 Å². The van der Waals surface area contributed by atoms with Crippen LogP contribution in [0.4, 0.5) is 4.39 Å². The van der Waals surface area contributed by atoms with Crippen molar-refractivity contribution in [1.82, 2.24) is 0 Å². The lowest BCUT2D eigenvalue weighted by molar-refractivity contribution is -0.0731. The topological polar surface area (TPSA) is 36.9 Å². The molecule has 4 nitrogen and oxygen atoms in total. The van der Waals surface area contributed by atoms with E-state index in [0.717, 1.165) is 11.1 Å². The Kier molecular flexibility index (Phi) is 6.39. The molecular formula is C24H23FO4. The van der Waals surface area contributed by atoms with E-state index in [1.165, 1.54) is 6.07 Å². The Hall–Kier alpha value is -2.89. The number of para-hydroxylation sites is 1. The van der Waals surface area contributed by atoms with E-state index in [9.17, 15) is 4.39 Å². The SMILES string of the molecule is Fc1cccc2c1O[C@H](COCc1ccccc1)[C@H](COCc1ccccc1)O2. The fourth-order valence-electron chi connectivity index (χ4n) is 3.18. The van der Waals surface area contributed by atoms with Gasteiger partial charge < -0.3 is 18.9 Å². The Labute approximate surface area is 169 Å². The quantitative estimate of drug-likeness (QED) is 0.552. The molecule has 0 radical (unpaired) electrons. The van der Waals surface area contributed by atoms with Crippen molar-refractivity contribution in [3.8, 4) is 11.5 Å². The Balaban J connectivity index is 1.39. The maximum Gasteiger partial charge on any atom is 0.197 e. The van der Waals surface area contributed by atoms with E-state index >= 15 is 0 Å². The van der Waals surface area contributed by atoms with Crippen LogP contribution < -0.4 is 9.47 Å². The molecule has 4 rings (SSSR count). The molecule has 0 N–H and O–H groups in total. The zero-order valence-electron chi connectivity index (χ0n) is 16.0. The molecule has 1 aliphatic rings. The number of hydrogen-bond acceptors (Lipinski definition) is 4. The average Bonchev–Trinajstić information content (AvgIpc) is 2.76. The van der Waals surface area contributed by atoms with Crippen molar-refractivity contribution in [3.05, 3.63) is 95.8 Å². The van der Waals surface area contributed by atoms with Gasteiger partial charge in [-0.25, -0.2) is 4.39 Å². The monoisotopic (exact) mass is 394 g/mol. The number of halogens is 1. The van der Waals surface area contributed by atoms with E-state index in [2.05, 4.69) is 0 Å². The van der Waals surface area contributed by atoms with E-state index in [-0.39, 0.29) is 12.4 Å². The van der Waals surface area contributed by atoms with Crippen LogP contribution >= 0.6 is 0 Å². The molecule has 1 aliphatic heterocycles. The molecule has 29 heavy (non-hydrogen) atoms. The highest BCUT2D eigenvalue weighted by atomic mass is 19.1. The number of rotatable bonds is 8. The van der Waals surface area contributed by atoms with E-state index in [1.54, 1.807) is 12.1 Å². The van der Waals surface area contributed by atoms with Crippen LogP contribution in [0.15, 0.2) is 78.9 Å². The third-order valence-electron chi connectivity index (χ3n) is 4.68. The molecule has 0 unspecified atom stereocenters. The van der Waals surface area contributed by atoms with Crippen LogP contribution in [0.25, 0.3) is 0 Å². The van der Waals surface area contributed by atoms with Crippen molar-refractivity contribution in [3.63, 3.8) is 0 Å². The first kappa shape index (κ1) is 19.4. The second kappa shape index (κ2) is 9.54. The second-order valence-electron chi connectivity index (χ2n) is 6.88. The van der Waals surface area contributed by atoms with Crippen LogP contribution in [-0.4, -0.2) is 25.4 Å². The third-order valence-corrected chi connectivity index (χ3v) is 4.68. The minimum atomic E-state index is -0.473. The summed E-state index contributed by atoms with van der Waals surface area (Å²) in [6.45, 7) is 1.49. The Bertz CT molecular complexity index is 901. The lowest BCUT2D eigenvalue weighted by Gasteiger charge is -2.33. The number of benzene rings is 3. The minimum Gasteiger partial charge on any atom is -0.480 e. The summed E-state index contributed by atoms with van der Waals surface area (Å²) in [7, 11) is 0. The summed E-state index contributed by atoms with van der Waals surface area (Å²) >= 11 is 0. The predicted octanol–water partition coefficient (Wildman–Crippen LogP) is 4.77. The van der Waals surface area contributed by atoms with Gasteiger partial charge in [-0.1, -0.05) is 66.7 Å². The van der Waals surface area contributed by atoms with E-state index in [1.807, 2.05) is 60.7 Å². The molecule has 0 aliphatic carbocycles. The van der Waals surface area contributed by atoms with Crippen LogP contribution in [0.5, 0.6) is 11.5 Å². The van der Waals surface area contributed by atoms with Gasteiger partial charge in [-0.05, 0) is 23.3 Å². The number of fused-ring (bicyclic) bond motifs is 1. The van der Waals surface area contributed by atoms with Crippen LogP contribution in [0, 0.1) is 5.82 Å². The smallest absolute Gasteiger partial charge is 0.197 e. The summed E-state index contributed by atoms with van der Waals surface area (Å²) in [6.07, 6.45) is -0.873. The van der Waals surface area contributed by atoms with E-state index < -0.39 is 18.0 Å². The molecule has 1 heterocycles. The average molecular weight is 394 g/mol. The van der Waals surface area contributed by atoms with Crippen molar-refractivity contribution in [2.45, 2.75) is 25.4 Å². The van der Waals surface area contributed by atoms with Crippen molar-refractivity contribution in [1.29, 1.82) is 0 Å². The molecule has 2 atom stereocenters. The Morgan fingerprint density at radius 2 is 1.21 bits per heavy atom. The van der Waals surface area contributed by atoms with Gasteiger partial charge in [-0.3, -0.25) is 0 Å². The molecule has 0 bridgehead atoms. The maximum atomic E-state index is 14.2. The standard InChI is InChI=1S/C24H23FO4/c25-20-12-7-13-21-24(20)29-23(17-27-15-19-10-5-2-6-11-19)22(28-21)16-26-14-18-8-3-1-4-9-18/h1-13,22-23H,14-17H2/t22-,23+/m0/s1. The van der Waals surface area contributed by atoms with Gasteiger partial charge >= 0.3 is 0 Å². The van der Waals surface area contributed by atoms with Gasteiger partial charge in [0.25, 0.3) is 0 Å². The van der Waals surface area contributed by atoms with Crippen molar-refractivity contribution < 1.29 is 23.3 Å². The second-order valence-corrected chi connectivity index (χ2v) is 6.88. The Morgan fingerprint density at radius 3 is 1.79 bits per heavy atom. The molecule has 0 aromatic heterocycles. The zero-order valence-corrected chi connectivity index (χ0v) is 16.0. The van der Waals surface area contributed by atoms with Crippen LogP contribution in [0.3, 0.4) is 0 Å². The van der Waals surface area contributed by atoms with Crippen molar-refractivity contribution in [2.24, 2.45) is 0 Å². The highest BCUT2D eigenvalue weighted by Crippen LogP contribution is 2.36. The molecular weight excluding hydrogens is 371 g/mol. The van der Waals surface area contributed by atoms with Gasteiger partial charge in [0.2, 0.25) is 0 Å². The molecule has 0 spiro atoms. The maximum absolute atomic E-state index is 14.2. The summed E-state index contributed by atoms with van der Waals surface area (Å²) in [6, 6.07) is 24.4. The fourth-order valence-corrected chi connectivity index (χ4v) is 3.18. The summed E-state index contributed by atoms with van der Waals surface area (Å²) < 4.78 is 37.7. The molecule has 0 amide bonds. The molecule has 150 valence electrons. The first-order valence-corrected chi connectivity index (χ1v) is 9.65. The van der Waals surface area contributed by atoms with Gasteiger partial charge in [-0.2, -0.15) is 0 Å². The highest BCUT2D eigenvalue weighted by Gasteiger charge is 2.33. The third kappa shape index (κ3) is 5.13.